The number of hydrogen-bond donors (Lipinski definition) is 1. The predicted molar refractivity (Wildman–Crippen MR) is 68.8 cm³/mol. The molecular weight excluding hydrogens is 359 g/mol. The topological polar surface area (TPSA) is 38.9 Å². The highest BCUT2D eigenvalue weighted by Gasteiger charge is 2.29. The van der Waals surface area contributed by atoms with Crippen LogP contribution in [0.3, 0.4) is 0 Å². The summed E-state index contributed by atoms with van der Waals surface area (Å²) in [6, 6.07) is 1.73. The van der Waals surface area contributed by atoms with Crippen molar-refractivity contribution in [3.05, 3.63) is 63.1 Å². The highest BCUT2D eigenvalue weighted by Crippen LogP contribution is 2.28. The number of benzene rings is 1. The lowest BCUT2D eigenvalue weighted by atomic mass is 10.0. The molecule has 2 rings (SSSR count). The lowest BCUT2D eigenvalue weighted by molar-refractivity contribution is 0.363. The molecule has 0 bridgehead atoms. The van der Waals surface area contributed by atoms with Gasteiger partial charge >= 0.3 is 0 Å². The molecule has 1 unspecified atom stereocenters. The van der Waals surface area contributed by atoms with Gasteiger partial charge in [0.25, 0.3) is 0 Å². The fourth-order valence-electron chi connectivity index (χ4n) is 1.80. The Labute approximate surface area is 124 Å². The van der Waals surface area contributed by atoms with Gasteiger partial charge in [-0.05, 0) is 28.1 Å². The summed E-state index contributed by atoms with van der Waals surface area (Å²) in [4.78, 5) is 3.93. The lowest BCUT2D eigenvalue weighted by Crippen LogP contribution is -2.20. The molecule has 0 aliphatic carbocycles. The van der Waals surface area contributed by atoms with Crippen molar-refractivity contribution >= 4 is 15.9 Å². The summed E-state index contributed by atoms with van der Waals surface area (Å²) >= 11 is 3.15. The normalized spacial score (nSPS) is 12.5. The minimum Gasteiger partial charge on any atom is -0.323 e. The van der Waals surface area contributed by atoms with E-state index in [1.165, 1.54) is 12.3 Å². The van der Waals surface area contributed by atoms with Crippen LogP contribution in [0.25, 0.3) is 0 Å². The van der Waals surface area contributed by atoms with Gasteiger partial charge in [-0.25, -0.2) is 22.0 Å². The summed E-state index contributed by atoms with van der Waals surface area (Å²) in [5.74, 6) is -10.1. The van der Waals surface area contributed by atoms with Crippen LogP contribution in [0.1, 0.15) is 17.3 Å². The minimum atomic E-state index is -2.21. The molecule has 0 radical (unpaired) electrons. The lowest BCUT2D eigenvalue weighted by Gasteiger charge is -2.15. The van der Waals surface area contributed by atoms with Crippen LogP contribution >= 0.6 is 15.9 Å². The number of hydrogen-bond acceptors (Lipinski definition) is 2. The number of pyridine rings is 1. The monoisotopic (exact) mass is 366 g/mol. The largest absolute Gasteiger partial charge is 0.323 e. The summed E-state index contributed by atoms with van der Waals surface area (Å²) in [5, 5.41) is 0. The van der Waals surface area contributed by atoms with Crippen molar-refractivity contribution in [3.63, 3.8) is 0 Å². The highest BCUT2D eigenvalue weighted by molar-refractivity contribution is 9.10. The molecule has 0 spiro atoms. The summed E-state index contributed by atoms with van der Waals surface area (Å²) in [6.07, 6.45) is 1.26. The standard InChI is InChI=1S/C13H8BrF5N2/c14-5-1-2-6(21-4-5)3-7(20)8-9(15)11(17)13(19)12(18)10(8)16/h1-2,4,7H,3,20H2. The first-order valence-corrected chi connectivity index (χ1v) is 6.49. The van der Waals surface area contributed by atoms with Crippen LogP contribution < -0.4 is 5.73 Å². The van der Waals surface area contributed by atoms with Crippen LogP contribution in [0.4, 0.5) is 22.0 Å². The van der Waals surface area contributed by atoms with Crippen molar-refractivity contribution in [2.24, 2.45) is 5.73 Å². The van der Waals surface area contributed by atoms with Crippen LogP contribution in [0.2, 0.25) is 0 Å². The third kappa shape index (κ3) is 3.06. The van der Waals surface area contributed by atoms with Crippen molar-refractivity contribution in [1.29, 1.82) is 0 Å². The summed E-state index contributed by atoms with van der Waals surface area (Å²) < 4.78 is 67.0. The van der Waals surface area contributed by atoms with Gasteiger partial charge in [0.1, 0.15) is 0 Å². The van der Waals surface area contributed by atoms with E-state index >= 15 is 0 Å². The van der Waals surface area contributed by atoms with E-state index in [1.807, 2.05) is 0 Å². The predicted octanol–water partition coefficient (Wildman–Crippen LogP) is 3.78. The molecule has 0 amide bonds. The first kappa shape index (κ1) is 15.8. The average Bonchev–Trinajstić information content (AvgIpc) is 2.46. The fraction of sp³-hybridized carbons (Fsp3) is 0.154. The van der Waals surface area contributed by atoms with Crippen molar-refractivity contribution < 1.29 is 22.0 Å². The quantitative estimate of drug-likeness (QED) is 0.510. The van der Waals surface area contributed by atoms with E-state index < -0.39 is 40.7 Å². The molecule has 2 aromatic rings. The summed E-state index contributed by atoms with van der Waals surface area (Å²) in [6.45, 7) is 0. The van der Waals surface area contributed by atoms with E-state index in [4.69, 9.17) is 5.73 Å². The Morgan fingerprint density at radius 3 is 1.95 bits per heavy atom. The Morgan fingerprint density at radius 2 is 1.48 bits per heavy atom. The second-order valence-electron chi connectivity index (χ2n) is 4.26. The third-order valence-corrected chi connectivity index (χ3v) is 3.30. The second-order valence-corrected chi connectivity index (χ2v) is 5.18. The van der Waals surface area contributed by atoms with Crippen LogP contribution in [0.15, 0.2) is 22.8 Å². The molecule has 1 aromatic heterocycles. The first-order chi connectivity index (χ1) is 9.82. The number of aromatic nitrogens is 1. The summed E-state index contributed by atoms with van der Waals surface area (Å²) in [5.41, 5.74) is 4.88. The van der Waals surface area contributed by atoms with E-state index in [0.29, 0.717) is 10.2 Å². The van der Waals surface area contributed by atoms with Gasteiger partial charge in [-0.15, -0.1) is 0 Å². The van der Waals surface area contributed by atoms with Gasteiger partial charge in [0, 0.05) is 34.4 Å². The number of halogens is 6. The molecule has 0 saturated carbocycles. The van der Waals surface area contributed by atoms with Crippen LogP contribution in [0, 0.1) is 29.1 Å². The maximum atomic E-state index is 13.6. The van der Waals surface area contributed by atoms with Crippen molar-refractivity contribution in [2.75, 3.05) is 0 Å². The molecule has 112 valence electrons. The summed E-state index contributed by atoms with van der Waals surface area (Å²) in [7, 11) is 0. The zero-order chi connectivity index (χ0) is 15.7. The third-order valence-electron chi connectivity index (χ3n) is 2.83. The highest BCUT2D eigenvalue weighted by atomic mass is 79.9. The average molecular weight is 367 g/mol. The minimum absolute atomic E-state index is 0.175. The van der Waals surface area contributed by atoms with E-state index in [2.05, 4.69) is 20.9 Å². The van der Waals surface area contributed by atoms with Crippen molar-refractivity contribution in [1.82, 2.24) is 4.98 Å². The SMILES string of the molecule is NC(Cc1ccc(Br)cn1)c1c(F)c(F)c(F)c(F)c1F. The molecule has 1 heterocycles. The van der Waals surface area contributed by atoms with Crippen LogP contribution in [0.5, 0.6) is 0 Å². The maximum absolute atomic E-state index is 13.6. The van der Waals surface area contributed by atoms with E-state index in [9.17, 15) is 22.0 Å². The zero-order valence-corrected chi connectivity index (χ0v) is 11.9. The van der Waals surface area contributed by atoms with Crippen LogP contribution in [-0.4, -0.2) is 4.98 Å². The smallest absolute Gasteiger partial charge is 0.200 e. The Kier molecular flexibility index (Phi) is 4.58. The Balaban J connectivity index is 2.39. The Bertz CT molecular complexity index is 646. The van der Waals surface area contributed by atoms with Gasteiger partial charge in [0.15, 0.2) is 23.3 Å². The fourth-order valence-corrected chi connectivity index (χ4v) is 2.04. The first-order valence-electron chi connectivity index (χ1n) is 5.70. The van der Waals surface area contributed by atoms with Gasteiger partial charge < -0.3 is 5.73 Å². The number of rotatable bonds is 3. The van der Waals surface area contributed by atoms with E-state index in [1.54, 1.807) is 6.07 Å². The zero-order valence-electron chi connectivity index (χ0n) is 10.3. The van der Waals surface area contributed by atoms with Gasteiger partial charge in [0.2, 0.25) is 5.82 Å². The maximum Gasteiger partial charge on any atom is 0.200 e. The van der Waals surface area contributed by atoms with E-state index in [-0.39, 0.29) is 6.42 Å². The van der Waals surface area contributed by atoms with Crippen molar-refractivity contribution in [3.8, 4) is 0 Å². The molecule has 2 nitrogen and oxygen atoms in total. The Hall–Kier alpha value is -1.54. The molecule has 0 saturated heterocycles. The molecular formula is C13H8BrF5N2. The van der Waals surface area contributed by atoms with Gasteiger partial charge in [-0.1, -0.05) is 0 Å². The van der Waals surface area contributed by atoms with E-state index in [0.717, 1.165) is 0 Å². The molecule has 21 heavy (non-hydrogen) atoms. The molecule has 0 aliphatic heterocycles. The second kappa shape index (κ2) is 6.07. The number of nitrogens with two attached hydrogens (primary N) is 1. The van der Waals surface area contributed by atoms with Crippen LogP contribution in [-0.2, 0) is 6.42 Å². The van der Waals surface area contributed by atoms with Gasteiger partial charge in [-0.3, -0.25) is 4.98 Å². The van der Waals surface area contributed by atoms with Gasteiger partial charge in [-0.2, -0.15) is 0 Å². The van der Waals surface area contributed by atoms with Crippen molar-refractivity contribution in [2.45, 2.75) is 12.5 Å². The molecule has 2 N–H and O–H groups in total. The number of nitrogens with zero attached hydrogens (tertiary/aromatic N) is 1. The molecule has 0 fully saturated rings. The molecule has 1 aromatic carbocycles. The van der Waals surface area contributed by atoms with Gasteiger partial charge in [0.05, 0.1) is 0 Å². The molecule has 1 atom stereocenters. The molecule has 0 aliphatic rings. The Morgan fingerprint density at radius 1 is 0.952 bits per heavy atom. The molecule has 8 heteroatoms.